The molecule has 150 valence electrons. The number of nitrogens with zero attached hydrogens (tertiary/aromatic N) is 1. The van der Waals surface area contributed by atoms with Gasteiger partial charge in [0.05, 0.1) is 6.61 Å². The van der Waals surface area contributed by atoms with Gasteiger partial charge in [-0.05, 0) is 48.4 Å². The van der Waals surface area contributed by atoms with Crippen molar-refractivity contribution >= 4 is 11.7 Å². The number of hydrogen-bond acceptors (Lipinski definition) is 4. The minimum atomic E-state index is -0.0841. The summed E-state index contributed by atoms with van der Waals surface area (Å²) in [5.74, 6) is 0.586. The molecule has 0 spiro atoms. The average Bonchev–Trinajstić information content (AvgIpc) is 3.36. The van der Waals surface area contributed by atoms with Gasteiger partial charge in [-0.1, -0.05) is 30.3 Å². The number of carbonyl (C=O) groups is 2. The molecule has 2 heterocycles. The fourth-order valence-electron chi connectivity index (χ4n) is 4.79. The summed E-state index contributed by atoms with van der Waals surface area (Å²) in [7, 11) is 0. The monoisotopic (exact) mass is 390 g/mol. The van der Waals surface area contributed by atoms with Crippen molar-refractivity contribution in [3.63, 3.8) is 0 Å². The van der Waals surface area contributed by atoms with Crippen LogP contribution < -0.4 is 5.32 Å². The Morgan fingerprint density at radius 2 is 1.76 bits per heavy atom. The number of hydrogen-bond donors (Lipinski definition) is 1. The summed E-state index contributed by atoms with van der Waals surface area (Å²) in [6.07, 6.45) is 3.10. The van der Waals surface area contributed by atoms with Crippen LogP contribution in [0.1, 0.15) is 45.5 Å². The normalized spacial score (nSPS) is 21.8. The molecule has 2 aliphatic heterocycles. The predicted molar refractivity (Wildman–Crippen MR) is 111 cm³/mol. The van der Waals surface area contributed by atoms with Crippen molar-refractivity contribution in [1.29, 1.82) is 0 Å². The number of nitrogens with one attached hydrogen (secondary N) is 1. The van der Waals surface area contributed by atoms with E-state index in [1.54, 1.807) is 6.07 Å². The van der Waals surface area contributed by atoms with Crippen LogP contribution >= 0.6 is 0 Å². The summed E-state index contributed by atoms with van der Waals surface area (Å²) in [6, 6.07) is 13.3. The fraction of sp³-hybridized carbons (Fsp3) is 0.417. The van der Waals surface area contributed by atoms with Crippen molar-refractivity contribution in [3.8, 4) is 11.1 Å². The largest absolute Gasteiger partial charge is 0.381 e. The number of ketones is 1. The van der Waals surface area contributed by atoms with Gasteiger partial charge >= 0.3 is 0 Å². The molecule has 1 unspecified atom stereocenters. The Hall–Kier alpha value is -2.50. The Morgan fingerprint density at radius 1 is 1.00 bits per heavy atom. The Bertz CT molecular complexity index is 941. The third-order valence-corrected chi connectivity index (χ3v) is 6.45. The molecule has 0 radical (unpaired) electrons. The summed E-state index contributed by atoms with van der Waals surface area (Å²) >= 11 is 0. The highest BCUT2D eigenvalue weighted by molar-refractivity contribution is 6.22. The van der Waals surface area contributed by atoms with E-state index >= 15 is 0 Å². The highest BCUT2D eigenvalue weighted by Gasteiger charge is 2.28. The molecule has 2 fully saturated rings. The Morgan fingerprint density at radius 3 is 2.52 bits per heavy atom. The van der Waals surface area contributed by atoms with Gasteiger partial charge in [-0.15, -0.1) is 0 Å². The van der Waals surface area contributed by atoms with E-state index in [4.69, 9.17) is 4.74 Å². The van der Waals surface area contributed by atoms with E-state index in [0.717, 1.165) is 68.8 Å². The molecule has 1 atom stereocenters. The van der Waals surface area contributed by atoms with Crippen molar-refractivity contribution in [2.45, 2.75) is 25.3 Å². The van der Waals surface area contributed by atoms with Crippen molar-refractivity contribution in [3.05, 3.63) is 59.2 Å². The van der Waals surface area contributed by atoms with Crippen molar-refractivity contribution < 1.29 is 14.3 Å². The van der Waals surface area contributed by atoms with Gasteiger partial charge in [0.2, 0.25) is 0 Å². The van der Waals surface area contributed by atoms with Crippen LogP contribution in [-0.4, -0.2) is 55.5 Å². The predicted octanol–water partition coefficient (Wildman–Crippen LogP) is 3.13. The minimum absolute atomic E-state index is 0.00875. The maximum Gasteiger partial charge on any atom is 0.251 e. The highest BCUT2D eigenvalue weighted by atomic mass is 16.5. The van der Waals surface area contributed by atoms with Crippen LogP contribution in [0, 0.1) is 5.92 Å². The lowest BCUT2D eigenvalue weighted by Gasteiger charge is -2.33. The van der Waals surface area contributed by atoms with E-state index in [2.05, 4.69) is 10.2 Å². The molecular formula is C24H26N2O3. The zero-order chi connectivity index (χ0) is 19.8. The second-order valence-electron chi connectivity index (χ2n) is 8.41. The van der Waals surface area contributed by atoms with Gasteiger partial charge in [0, 0.05) is 49.0 Å². The standard InChI is InChI=1S/C24H26N2O3/c27-23-21-4-2-1-3-19(21)20-6-5-17(13-22(20)23)24(28)25-18-7-10-26(11-8-18)14-16-9-12-29-15-16/h1-6,13,16,18H,7-12,14-15H2,(H,25,28). The molecule has 3 aliphatic rings. The van der Waals surface area contributed by atoms with Crippen molar-refractivity contribution in [1.82, 2.24) is 10.2 Å². The van der Waals surface area contributed by atoms with Gasteiger partial charge in [-0.3, -0.25) is 9.59 Å². The molecule has 5 nitrogen and oxygen atoms in total. The minimum Gasteiger partial charge on any atom is -0.381 e. The molecule has 2 aromatic rings. The molecule has 0 saturated carbocycles. The maximum atomic E-state index is 12.8. The number of carbonyl (C=O) groups excluding carboxylic acids is 2. The second kappa shape index (κ2) is 7.73. The lowest BCUT2D eigenvalue weighted by atomic mass is 10.0. The number of likely N-dealkylation sites (tertiary alicyclic amines) is 1. The summed E-state index contributed by atoms with van der Waals surface area (Å²) in [5, 5.41) is 3.17. The molecular weight excluding hydrogens is 364 g/mol. The summed E-state index contributed by atoms with van der Waals surface area (Å²) < 4.78 is 5.47. The van der Waals surface area contributed by atoms with E-state index < -0.39 is 0 Å². The van der Waals surface area contributed by atoms with Crippen LogP contribution in [0.3, 0.4) is 0 Å². The maximum absolute atomic E-state index is 12.8. The first kappa shape index (κ1) is 18.5. The first-order valence-corrected chi connectivity index (χ1v) is 10.6. The lowest BCUT2D eigenvalue weighted by molar-refractivity contribution is 0.0903. The molecule has 0 aromatic heterocycles. The van der Waals surface area contributed by atoms with Crippen LogP contribution in [0.25, 0.3) is 11.1 Å². The fourth-order valence-corrected chi connectivity index (χ4v) is 4.79. The zero-order valence-corrected chi connectivity index (χ0v) is 16.5. The quantitative estimate of drug-likeness (QED) is 0.744. The molecule has 0 bridgehead atoms. The number of amides is 1. The van der Waals surface area contributed by atoms with E-state index in [1.807, 2.05) is 36.4 Å². The van der Waals surface area contributed by atoms with Gasteiger partial charge in [-0.2, -0.15) is 0 Å². The van der Waals surface area contributed by atoms with Gasteiger partial charge in [0.1, 0.15) is 0 Å². The van der Waals surface area contributed by atoms with Gasteiger partial charge < -0.3 is 15.0 Å². The second-order valence-corrected chi connectivity index (χ2v) is 8.41. The molecule has 5 heteroatoms. The highest BCUT2D eigenvalue weighted by Crippen LogP contribution is 2.36. The van der Waals surface area contributed by atoms with Gasteiger partial charge in [0.15, 0.2) is 5.78 Å². The lowest BCUT2D eigenvalue weighted by Crippen LogP contribution is -2.45. The van der Waals surface area contributed by atoms with Crippen LogP contribution in [0.4, 0.5) is 0 Å². The first-order chi connectivity index (χ1) is 14.2. The van der Waals surface area contributed by atoms with Gasteiger partial charge in [0.25, 0.3) is 5.91 Å². The number of ether oxygens (including phenoxy) is 1. The van der Waals surface area contributed by atoms with Crippen LogP contribution in [0.2, 0.25) is 0 Å². The number of benzene rings is 2. The van der Waals surface area contributed by atoms with Crippen LogP contribution in [-0.2, 0) is 4.74 Å². The van der Waals surface area contributed by atoms with Crippen LogP contribution in [0.5, 0.6) is 0 Å². The smallest absolute Gasteiger partial charge is 0.251 e. The molecule has 2 aromatic carbocycles. The van der Waals surface area contributed by atoms with Crippen LogP contribution in [0.15, 0.2) is 42.5 Å². The third kappa shape index (κ3) is 3.61. The Labute approximate surface area is 171 Å². The third-order valence-electron chi connectivity index (χ3n) is 6.45. The number of rotatable bonds is 4. The summed E-state index contributed by atoms with van der Waals surface area (Å²) in [4.78, 5) is 28.0. The van der Waals surface area contributed by atoms with Gasteiger partial charge in [-0.25, -0.2) is 0 Å². The first-order valence-electron chi connectivity index (χ1n) is 10.6. The van der Waals surface area contributed by atoms with Crippen molar-refractivity contribution in [2.75, 3.05) is 32.8 Å². The molecule has 1 N–H and O–H groups in total. The number of fused-ring (bicyclic) bond motifs is 3. The molecule has 2 saturated heterocycles. The molecule has 29 heavy (non-hydrogen) atoms. The Balaban J connectivity index is 1.21. The zero-order valence-electron chi connectivity index (χ0n) is 16.5. The Kier molecular flexibility index (Phi) is 4.94. The van der Waals surface area contributed by atoms with E-state index in [1.165, 1.54) is 0 Å². The number of piperidine rings is 1. The average molecular weight is 390 g/mol. The summed E-state index contributed by atoms with van der Waals surface area (Å²) in [5.41, 5.74) is 3.80. The molecule has 5 rings (SSSR count). The topological polar surface area (TPSA) is 58.6 Å². The molecule has 1 amide bonds. The van der Waals surface area contributed by atoms with Crippen molar-refractivity contribution in [2.24, 2.45) is 5.92 Å². The summed E-state index contributed by atoms with van der Waals surface area (Å²) in [6.45, 7) is 4.91. The SMILES string of the molecule is O=C(NC1CCN(CC2CCOC2)CC1)c1ccc2c(c1)C(=O)c1ccccc1-2. The van der Waals surface area contributed by atoms with E-state index in [9.17, 15) is 9.59 Å². The van der Waals surface area contributed by atoms with E-state index in [0.29, 0.717) is 17.0 Å². The van der Waals surface area contributed by atoms with E-state index in [-0.39, 0.29) is 17.7 Å². The molecule has 1 aliphatic carbocycles.